The van der Waals surface area contributed by atoms with Gasteiger partial charge in [0.15, 0.2) is 11.6 Å². The quantitative estimate of drug-likeness (QED) is 0.638. The topological polar surface area (TPSA) is 39.9 Å². The zero-order valence-corrected chi connectivity index (χ0v) is 16.8. The number of aryl methyl sites for hydroxylation is 2. The fourth-order valence-corrected chi connectivity index (χ4v) is 3.91. The van der Waals surface area contributed by atoms with Crippen LogP contribution in [0.1, 0.15) is 74.3 Å². The monoisotopic (exact) mass is 377 g/mol. The van der Waals surface area contributed by atoms with Crippen LogP contribution in [-0.4, -0.2) is 27.8 Å². The highest BCUT2D eigenvalue weighted by atomic mass is 19.3. The smallest absolute Gasteiger partial charge is 0.248 e. The normalized spacial score (nSPS) is 17.9. The first kappa shape index (κ1) is 19.9. The predicted molar refractivity (Wildman–Crippen MR) is 102 cm³/mol. The molecule has 2 aromatic rings. The lowest BCUT2D eigenvalue weighted by Gasteiger charge is -2.38. The van der Waals surface area contributed by atoms with Crippen LogP contribution in [0.25, 0.3) is 5.69 Å². The van der Waals surface area contributed by atoms with Crippen LogP contribution in [0.15, 0.2) is 18.2 Å². The molecule has 148 valence electrons. The van der Waals surface area contributed by atoms with Crippen molar-refractivity contribution in [2.24, 2.45) is 5.92 Å². The van der Waals surface area contributed by atoms with Crippen LogP contribution in [0.2, 0.25) is 0 Å². The fraction of sp³-hybridized carbons (Fsp3) is 0.619. The second-order valence-electron chi connectivity index (χ2n) is 7.72. The lowest BCUT2D eigenvalue weighted by atomic mass is 9.77. The summed E-state index contributed by atoms with van der Waals surface area (Å²) in [5, 5.41) is 4.81. The van der Waals surface area contributed by atoms with Gasteiger partial charge in [-0.2, -0.15) is 5.10 Å². The van der Waals surface area contributed by atoms with Gasteiger partial charge in [-0.05, 0) is 43.9 Å². The van der Waals surface area contributed by atoms with E-state index in [9.17, 15) is 8.78 Å². The zero-order valence-electron chi connectivity index (χ0n) is 16.8. The van der Waals surface area contributed by atoms with E-state index in [0.29, 0.717) is 5.82 Å². The number of alkyl halides is 2. The van der Waals surface area contributed by atoms with Crippen LogP contribution < -0.4 is 0 Å². The molecule has 1 aliphatic rings. The summed E-state index contributed by atoms with van der Waals surface area (Å²) in [4.78, 5) is 4.80. The molecule has 0 radical (unpaired) electrons. The van der Waals surface area contributed by atoms with Crippen molar-refractivity contribution in [2.75, 3.05) is 7.11 Å². The Kier molecular flexibility index (Phi) is 5.65. The van der Waals surface area contributed by atoms with Crippen LogP contribution in [-0.2, 0) is 4.74 Å². The van der Waals surface area contributed by atoms with Crippen molar-refractivity contribution >= 4 is 0 Å². The average molecular weight is 377 g/mol. The number of hydrogen-bond donors (Lipinski definition) is 0. The van der Waals surface area contributed by atoms with E-state index in [2.05, 4.69) is 26.0 Å². The molecule has 1 saturated carbocycles. The molecule has 27 heavy (non-hydrogen) atoms. The van der Waals surface area contributed by atoms with Gasteiger partial charge in [0.25, 0.3) is 0 Å². The van der Waals surface area contributed by atoms with Gasteiger partial charge in [-0.25, -0.2) is 18.4 Å². The molecule has 1 aromatic heterocycles. The molecule has 1 heterocycles. The summed E-state index contributed by atoms with van der Waals surface area (Å²) in [6.07, 6.45) is 1.06. The minimum Gasteiger partial charge on any atom is -0.373 e. The Morgan fingerprint density at radius 2 is 1.89 bits per heavy atom. The van der Waals surface area contributed by atoms with E-state index in [0.717, 1.165) is 35.5 Å². The fourth-order valence-electron chi connectivity index (χ4n) is 3.91. The van der Waals surface area contributed by atoms with E-state index >= 15 is 0 Å². The largest absolute Gasteiger partial charge is 0.373 e. The van der Waals surface area contributed by atoms with Crippen molar-refractivity contribution in [1.82, 2.24) is 14.8 Å². The van der Waals surface area contributed by atoms with Gasteiger partial charge in [-0.15, -0.1) is 0 Å². The van der Waals surface area contributed by atoms with Crippen molar-refractivity contribution in [3.8, 4) is 5.69 Å². The summed E-state index contributed by atoms with van der Waals surface area (Å²) < 4.78 is 34.5. The SMILES string of the molecule is CCC(CC)c1nc(C(OC)C2CC(F)(F)C2)n(-c2cc(C)ccc2C)n1. The Bertz CT molecular complexity index is 791. The molecule has 1 aromatic carbocycles. The number of rotatable bonds is 7. The molecule has 4 nitrogen and oxygen atoms in total. The summed E-state index contributed by atoms with van der Waals surface area (Å²) in [5.41, 5.74) is 3.12. The van der Waals surface area contributed by atoms with Gasteiger partial charge in [0.05, 0.1) is 5.69 Å². The first-order chi connectivity index (χ1) is 12.8. The van der Waals surface area contributed by atoms with Crippen molar-refractivity contribution < 1.29 is 13.5 Å². The lowest BCUT2D eigenvalue weighted by Crippen LogP contribution is -2.40. The second-order valence-corrected chi connectivity index (χ2v) is 7.72. The van der Waals surface area contributed by atoms with E-state index in [4.69, 9.17) is 14.8 Å². The number of halogens is 2. The van der Waals surface area contributed by atoms with Crippen molar-refractivity contribution in [3.63, 3.8) is 0 Å². The lowest BCUT2D eigenvalue weighted by molar-refractivity contribution is -0.150. The molecular formula is C21H29F2N3O. The third kappa shape index (κ3) is 3.91. The summed E-state index contributed by atoms with van der Waals surface area (Å²) in [5.74, 6) is -1.19. The Morgan fingerprint density at radius 1 is 1.22 bits per heavy atom. The van der Waals surface area contributed by atoms with Gasteiger partial charge in [0.2, 0.25) is 5.92 Å². The number of hydrogen-bond acceptors (Lipinski definition) is 3. The molecule has 0 saturated heterocycles. The highest BCUT2D eigenvalue weighted by molar-refractivity contribution is 5.43. The molecule has 0 N–H and O–H groups in total. The van der Waals surface area contributed by atoms with Crippen molar-refractivity contribution in [1.29, 1.82) is 0 Å². The van der Waals surface area contributed by atoms with Gasteiger partial charge in [-0.3, -0.25) is 0 Å². The average Bonchev–Trinajstić information content (AvgIpc) is 3.02. The molecule has 0 bridgehead atoms. The second kappa shape index (κ2) is 7.66. The number of benzene rings is 1. The molecule has 1 aliphatic carbocycles. The van der Waals surface area contributed by atoms with Crippen molar-refractivity contribution in [2.45, 2.75) is 71.3 Å². The first-order valence-electron chi connectivity index (χ1n) is 9.74. The van der Waals surface area contributed by atoms with Crippen LogP contribution in [0.4, 0.5) is 8.78 Å². The van der Waals surface area contributed by atoms with Gasteiger partial charge in [-0.1, -0.05) is 26.0 Å². The van der Waals surface area contributed by atoms with Crippen LogP contribution in [0.3, 0.4) is 0 Å². The highest BCUT2D eigenvalue weighted by Gasteiger charge is 2.50. The third-order valence-corrected chi connectivity index (χ3v) is 5.65. The van der Waals surface area contributed by atoms with E-state index in [1.807, 2.05) is 24.6 Å². The standard InChI is InChI=1S/C21H29F2N3O/c1-6-15(7-2)19-24-20(18(27-5)16-11-21(22,23)12-16)26(25-19)17-10-13(3)8-9-14(17)4/h8-10,15-16,18H,6-7,11-12H2,1-5H3. The van der Waals surface area contributed by atoms with Crippen LogP contribution >= 0.6 is 0 Å². The molecule has 0 amide bonds. The summed E-state index contributed by atoms with van der Waals surface area (Å²) in [7, 11) is 1.57. The molecule has 1 unspecified atom stereocenters. The first-order valence-corrected chi connectivity index (χ1v) is 9.74. The van der Waals surface area contributed by atoms with Gasteiger partial charge in [0, 0.05) is 31.8 Å². The predicted octanol–water partition coefficient (Wildman–Crippen LogP) is 5.52. The molecule has 0 spiro atoms. The van der Waals surface area contributed by atoms with E-state index in [-0.39, 0.29) is 24.7 Å². The van der Waals surface area contributed by atoms with E-state index in [1.165, 1.54) is 0 Å². The summed E-state index contributed by atoms with van der Waals surface area (Å²) in [6, 6.07) is 6.16. The van der Waals surface area contributed by atoms with Crippen LogP contribution in [0, 0.1) is 19.8 Å². The number of aromatic nitrogens is 3. The summed E-state index contributed by atoms with van der Waals surface area (Å²) in [6.45, 7) is 8.29. The minimum atomic E-state index is -2.59. The number of ether oxygens (including phenoxy) is 1. The molecule has 3 rings (SSSR count). The maximum Gasteiger partial charge on any atom is 0.248 e. The minimum absolute atomic E-state index is 0.161. The Hall–Kier alpha value is -1.82. The maximum absolute atomic E-state index is 13.5. The molecular weight excluding hydrogens is 348 g/mol. The van der Waals surface area contributed by atoms with Crippen molar-refractivity contribution in [3.05, 3.63) is 41.0 Å². The molecule has 1 fully saturated rings. The molecule has 0 aliphatic heterocycles. The Labute approximate surface area is 159 Å². The number of methoxy groups -OCH3 is 1. The van der Waals surface area contributed by atoms with Crippen LogP contribution in [0.5, 0.6) is 0 Å². The third-order valence-electron chi connectivity index (χ3n) is 5.65. The van der Waals surface area contributed by atoms with Gasteiger partial charge < -0.3 is 4.74 Å². The zero-order chi connectivity index (χ0) is 19.8. The Morgan fingerprint density at radius 3 is 2.44 bits per heavy atom. The highest BCUT2D eigenvalue weighted by Crippen LogP contribution is 2.49. The molecule has 1 atom stereocenters. The van der Waals surface area contributed by atoms with E-state index < -0.39 is 12.0 Å². The maximum atomic E-state index is 13.5. The Balaban J connectivity index is 2.09. The summed E-state index contributed by atoms with van der Waals surface area (Å²) >= 11 is 0. The van der Waals surface area contributed by atoms with Gasteiger partial charge in [0.1, 0.15) is 6.10 Å². The van der Waals surface area contributed by atoms with E-state index in [1.54, 1.807) is 7.11 Å². The van der Waals surface area contributed by atoms with Gasteiger partial charge >= 0.3 is 0 Å². The number of nitrogens with zero attached hydrogens (tertiary/aromatic N) is 3. The molecule has 6 heteroatoms.